The summed E-state index contributed by atoms with van der Waals surface area (Å²) in [6.07, 6.45) is -7.80. The maximum Gasteiger partial charge on any atom is 0.419 e. The Hall–Kier alpha value is -3.51. The fourth-order valence-electron chi connectivity index (χ4n) is 3.77. The number of benzene rings is 1. The maximum atomic E-state index is 13.3. The molecule has 13 heteroatoms. The lowest BCUT2D eigenvalue weighted by atomic mass is 10.0. The zero-order valence-corrected chi connectivity index (χ0v) is 19.5. The number of aromatic nitrogens is 1. The predicted octanol–water partition coefficient (Wildman–Crippen LogP) is 4.61. The van der Waals surface area contributed by atoms with Gasteiger partial charge >= 0.3 is 18.4 Å². The van der Waals surface area contributed by atoms with Crippen LogP contribution in [0.1, 0.15) is 25.0 Å². The van der Waals surface area contributed by atoms with E-state index in [2.05, 4.69) is 15.6 Å². The van der Waals surface area contributed by atoms with Crippen molar-refractivity contribution >= 4 is 23.4 Å². The zero-order chi connectivity index (χ0) is 26.7. The first-order chi connectivity index (χ1) is 16.8. The van der Waals surface area contributed by atoms with Gasteiger partial charge in [0, 0.05) is 38.1 Å². The monoisotopic (exact) mass is 517 g/mol. The summed E-state index contributed by atoms with van der Waals surface area (Å²) in [5.74, 6) is -0.947. The van der Waals surface area contributed by atoms with Crippen molar-refractivity contribution in [1.82, 2.24) is 15.2 Å². The molecule has 1 aromatic carbocycles. The molecule has 0 spiro atoms. The van der Waals surface area contributed by atoms with E-state index in [-0.39, 0.29) is 43.6 Å². The Morgan fingerprint density at radius 1 is 0.917 bits per heavy atom. The van der Waals surface area contributed by atoms with Crippen LogP contribution < -0.4 is 15.5 Å². The Morgan fingerprint density at radius 3 is 2.06 bits per heavy atom. The smallest absolute Gasteiger partial charge is 0.353 e. The number of piperazine rings is 1. The molecule has 1 saturated heterocycles. The van der Waals surface area contributed by atoms with Crippen LogP contribution in [0.4, 0.5) is 42.6 Å². The van der Waals surface area contributed by atoms with E-state index in [9.17, 15) is 35.9 Å². The molecular weight excluding hydrogens is 492 g/mol. The van der Waals surface area contributed by atoms with Crippen LogP contribution in [-0.2, 0) is 17.1 Å². The second kappa shape index (κ2) is 10.6. The fourth-order valence-corrected chi connectivity index (χ4v) is 3.77. The minimum atomic E-state index is -4.57. The summed E-state index contributed by atoms with van der Waals surface area (Å²) in [6, 6.07) is 4.28. The normalized spacial score (nSPS) is 15.6. The van der Waals surface area contributed by atoms with Gasteiger partial charge in [-0.1, -0.05) is 13.8 Å². The molecule has 0 saturated carbocycles. The number of rotatable bonds is 5. The molecule has 2 heterocycles. The van der Waals surface area contributed by atoms with Crippen LogP contribution in [0.25, 0.3) is 0 Å². The lowest BCUT2D eigenvalue weighted by Gasteiger charge is -2.38. The number of urea groups is 1. The van der Waals surface area contributed by atoms with Crippen molar-refractivity contribution in [3.63, 3.8) is 0 Å². The Kier molecular flexibility index (Phi) is 7.99. The molecule has 0 radical (unpaired) electrons. The molecule has 1 aliphatic heterocycles. The molecule has 1 unspecified atom stereocenters. The predicted molar refractivity (Wildman–Crippen MR) is 120 cm³/mol. The second-order valence-corrected chi connectivity index (χ2v) is 8.58. The summed E-state index contributed by atoms with van der Waals surface area (Å²) in [7, 11) is 0. The summed E-state index contributed by atoms with van der Waals surface area (Å²) >= 11 is 0. The Morgan fingerprint density at radius 2 is 1.53 bits per heavy atom. The number of carbonyl (C=O) groups excluding carboxylic acids is 2. The summed E-state index contributed by atoms with van der Waals surface area (Å²) in [5.41, 5.74) is -1.61. The molecule has 2 N–H and O–H groups in total. The molecule has 1 aliphatic rings. The minimum absolute atomic E-state index is 0.111. The van der Waals surface area contributed by atoms with Gasteiger partial charge < -0.3 is 20.4 Å². The number of anilines is 2. The number of hydrogen-bond donors (Lipinski definition) is 2. The van der Waals surface area contributed by atoms with Crippen molar-refractivity contribution in [1.29, 1.82) is 0 Å². The number of nitrogens with zero attached hydrogens (tertiary/aromatic N) is 3. The van der Waals surface area contributed by atoms with Gasteiger partial charge in [-0.05, 0) is 42.3 Å². The summed E-state index contributed by atoms with van der Waals surface area (Å²) < 4.78 is 78.1. The van der Waals surface area contributed by atoms with E-state index < -0.39 is 41.5 Å². The van der Waals surface area contributed by atoms with Crippen LogP contribution in [0.3, 0.4) is 0 Å². The molecular formula is C23H25F6N5O2. The van der Waals surface area contributed by atoms with E-state index >= 15 is 0 Å². The number of carbonyl (C=O) groups is 2. The van der Waals surface area contributed by atoms with E-state index in [1.54, 1.807) is 13.8 Å². The summed E-state index contributed by atoms with van der Waals surface area (Å²) in [4.78, 5) is 32.3. The van der Waals surface area contributed by atoms with E-state index in [0.29, 0.717) is 0 Å². The lowest BCUT2D eigenvalue weighted by molar-refractivity contribution is -0.138. The topological polar surface area (TPSA) is 77.6 Å². The highest BCUT2D eigenvalue weighted by Crippen LogP contribution is 2.35. The van der Waals surface area contributed by atoms with Crippen molar-refractivity contribution in [3.05, 3.63) is 53.7 Å². The van der Waals surface area contributed by atoms with E-state index in [1.165, 1.54) is 22.1 Å². The van der Waals surface area contributed by atoms with Gasteiger partial charge in [0.1, 0.15) is 11.9 Å². The van der Waals surface area contributed by atoms with E-state index in [0.717, 1.165) is 30.3 Å². The molecule has 3 rings (SSSR count). The van der Waals surface area contributed by atoms with Crippen molar-refractivity contribution < 1.29 is 35.9 Å². The fraction of sp³-hybridized carbons (Fsp3) is 0.435. The number of amides is 3. The SMILES string of the molecule is CC(C)C(NC(=O)Nc1ccc(C(F)(F)F)cc1)C(=O)N1CCN(c2ncccc2C(F)(F)F)CC1. The molecule has 3 amide bonds. The number of halogens is 6. The van der Waals surface area contributed by atoms with Gasteiger partial charge in [-0.3, -0.25) is 4.79 Å². The van der Waals surface area contributed by atoms with E-state index in [4.69, 9.17) is 0 Å². The number of pyridine rings is 1. The average Bonchev–Trinajstić information content (AvgIpc) is 2.81. The first kappa shape index (κ1) is 27.1. The number of alkyl halides is 6. The maximum absolute atomic E-state index is 13.3. The third-order valence-electron chi connectivity index (χ3n) is 5.67. The van der Waals surface area contributed by atoms with Gasteiger partial charge in [0.05, 0.1) is 11.1 Å². The molecule has 1 fully saturated rings. The van der Waals surface area contributed by atoms with Crippen LogP contribution in [0, 0.1) is 5.92 Å². The van der Waals surface area contributed by atoms with Crippen LogP contribution in [0.2, 0.25) is 0 Å². The standard InChI is InChI=1S/C23H25F6N5O2/c1-14(2)18(32-21(36)31-16-7-5-15(6-8-16)22(24,25)26)20(35)34-12-10-33(11-13-34)19-17(23(27,28)29)4-3-9-30-19/h3-9,14,18H,10-13H2,1-2H3,(H2,31,32,36). The van der Waals surface area contributed by atoms with Gasteiger partial charge in [0.2, 0.25) is 5.91 Å². The Labute approximate surface area is 203 Å². The number of nitrogens with one attached hydrogen (secondary N) is 2. The van der Waals surface area contributed by atoms with Gasteiger partial charge in [-0.15, -0.1) is 0 Å². The third-order valence-corrected chi connectivity index (χ3v) is 5.67. The van der Waals surface area contributed by atoms with E-state index in [1.807, 2.05) is 0 Å². The molecule has 36 heavy (non-hydrogen) atoms. The first-order valence-corrected chi connectivity index (χ1v) is 11.1. The largest absolute Gasteiger partial charge is 0.419 e. The van der Waals surface area contributed by atoms with Crippen LogP contribution in [0.5, 0.6) is 0 Å². The minimum Gasteiger partial charge on any atom is -0.353 e. The summed E-state index contributed by atoms with van der Waals surface area (Å²) in [6.45, 7) is 3.90. The summed E-state index contributed by atoms with van der Waals surface area (Å²) in [5, 5.41) is 4.94. The lowest BCUT2D eigenvalue weighted by Crippen LogP contribution is -2.57. The van der Waals surface area contributed by atoms with Crippen LogP contribution >= 0.6 is 0 Å². The molecule has 1 aromatic heterocycles. The Balaban J connectivity index is 1.61. The quantitative estimate of drug-likeness (QED) is 0.568. The molecule has 0 bridgehead atoms. The molecule has 0 aliphatic carbocycles. The molecule has 196 valence electrons. The van der Waals surface area contributed by atoms with Gasteiger partial charge in [-0.2, -0.15) is 26.3 Å². The van der Waals surface area contributed by atoms with Crippen LogP contribution in [-0.4, -0.2) is 54.0 Å². The number of hydrogen-bond acceptors (Lipinski definition) is 4. The van der Waals surface area contributed by atoms with Gasteiger partial charge in [0.25, 0.3) is 0 Å². The first-order valence-electron chi connectivity index (χ1n) is 11.1. The van der Waals surface area contributed by atoms with Gasteiger partial charge in [0.15, 0.2) is 0 Å². The molecule has 2 aromatic rings. The van der Waals surface area contributed by atoms with Crippen molar-refractivity contribution in [3.8, 4) is 0 Å². The van der Waals surface area contributed by atoms with Crippen molar-refractivity contribution in [2.24, 2.45) is 5.92 Å². The highest BCUT2D eigenvalue weighted by atomic mass is 19.4. The van der Waals surface area contributed by atoms with Crippen LogP contribution in [0.15, 0.2) is 42.6 Å². The third kappa shape index (κ3) is 6.58. The highest BCUT2D eigenvalue weighted by Gasteiger charge is 2.37. The zero-order valence-electron chi connectivity index (χ0n) is 19.5. The van der Waals surface area contributed by atoms with Crippen molar-refractivity contribution in [2.75, 3.05) is 36.4 Å². The highest BCUT2D eigenvalue weighted by molar-refractivity contribution is 5.94. The average molecular weight is 517 g/mol. The van der Waals surface area contributed by atoms with Crippen molar-refractivity contribution in [2.45, 2.75) is 32.2 Å². The second-order valence-electron chi connectivity index (χ2n) is 8.58. The molecule has 1 atom stereocenters. The molecule has 7 nitrogen and oxygen atoms in total. The Bertz CT molecular complexity index is 1060. The van der Waals surface area contributed by atoms with Gasteiger partial charge in [-0.25, -0.2) is 9.78 Å².